The van der Waals surface area contributed by atoms with Gasteiger partial charge in [-0.3, -0.25) is 4.79 Å². The number of aliphatic carboxylic acids is 1. The summed E-state index contributed by atoms with van der Waals surface area (Å²) in [7, 11) is 1.51. The number of nitrogens with zero attached hydrogens (tertiary/aromatic N) is 2. The van der Waals surface area contributed by atoms with Crippen molar-refractivity contribution in [3.05, 3.63) is 95.6 Å². The molecule has 1 N–H and O–H groups in total. The number of carbonyl (C=O) groups is 1. The van der Waals surface area contributed by atoms with E-state index in [-0.39, 0.29) is 19.1 Å². The van der Waals surface area contributed by atoms with Gasteiger partial charge in [-0.15, -0.1) is 0 Å². The van der Waals surface area contributed by atoms with Gasteiger partial charge in [0.1, 0.15) is 43.6 Å². The van der Waals surface area contributed by atoms with Crippen molar-refractivity contribution < 1.29 is 29.0 Å². The van der Waals surface area contributed by atoms with Crippen LogP contribution >= 0.6 is 0 Å². The zero-order chi connectivity index (χ0) is 27.3. The smallest absolute Gasteiger partial charge is 0.309 e. The fourth-order valence-corrected chi connectivity index (χ4v) is 4.29. The molecule has 0 heterocycles. The Bertz CT molecular complexity index is 1230. The van der Waals surface area contributed by atoms with Crippen molar-refractivity contribution in [2.75, 3.05) is 13.7 Å². The van der Waals surface area contributed by atoms with Crippen molar-refractivity contribution in [3.63, 3.8) is 0 Å². The van der Waals surface area contributed by atoms with Crippen LogP contribution in [0.4, 0.5) is 0 Å². The maximum atomic E-state index is 11.4. The first-order chi connectivity index (χ1) is 19.1. The van der Waals surface area contributed by atoms with Crippen molar-refractivity contribution in [2.45, 2.75) is 51.2 Å². The molecule has 0 saturated heterocycles. The van der Waals surface area contributed by atoms with Gasteiger partial charge >= 0.3 is 5.97 Å². The molecule has 0 amide bonds. The van der Waals surface area contributed by atoms with Gasteiger partial charge in [0.05, 0.1) is 12.1 Å². The molecule has 4 rings (SSSR count). The fourth-order valence-electron chi connectivity index (χ4n) is 4.29. The molecule has 1 aliphatic rings. The van der Waals surface area contributed by atoms with E-state index >= 15 is 0 Å². The molecule has 1 fully saturated rings. The summed E-state index contributed by atoms with van der Waals surface area (Å²) in [6.07, 6.45) is 5.23. The molecule has 0 aromatic heterocycles. The zero-order valence-corrected chi connectivity index (χ0v) is 22.1. The Kier molecular flexibility index (Phi) is 10.3. The number of hydrogen-bond acceptors (Lipinski definition) is 7. The minimum absolute atomic E-state index is 0.0614. The van der Waals surface area contributed by atoms with E-state index in [1.165, 1.54) is 13.5 Å². The van der Waals surface area contributed by atoms with Crippen molar-refractivity contribution >= 4 is 17.4 Å². The molecule has 8 nitrogen and oxygen atoms in total. The van der Waals surface area contributed by atoms with E-state index in [9.17, 15) is 9.90 Å². The SMILES string of the molecule is CO/N=C(\COc1ccc(COc2ccc(C(CC(=O)O)=NOC3CCCCC3)cc2)cc1)c1ccccc1. The number of carboxylic acids is 1. The predicted octanol–water partition coefficient (Wildman–Crippen LogP) is 6.22. The Hall–Kier alpha value is -4.33. The molecule has 39 heavy (non-hydrogen) atoms. The molecule has 0 unspecified atom stereocenters. The van der Waals surface area contributed by atoms with Gasteiger partial charge < -0.3 is 24.3 Å². The minimum Gasteiger partial charge on any atom is -0.489 e. The second-order valence-electron chi connectivity index (χ2n) is 9.31. The summed E-state index contributed by atoms with van der Waals surface area (Å²) in [5, 5.41) is 17.6. The first-order valence-electron chi connectivity index (χ1n) is 13.2. The highest BCUT2D eigenvalue weighted by Gasteiger charge is 2.16. The highest BCUT2D eigenvalue weighted by atomic mass is 16.6. The molecule has 1 aliphatic carbocycles. The van der Waals surface area contributed by atoms with Crippen LogP contribution in [0.3, 0.4) is 0 Å². The zero-order valence-electron chi connectivity index (χ0n) is 22.1. The highest BCUT2D eigenvalue weighted by Crippen LogP contribution is 2.22. The number of ether oxygens (including phenoxy) is 2. The largest absolute Gasteiger partial charge is 0.489 e. The van der Waals surface area contributed by atoms with Crippen LogP contribution in [0.5, 0.6) is 11.5 Å². The molecular weight excluding hydrogens is 496 g/mol. The summed E-state index contributed by atoms with van der Waals surface area (Å²) in [5.41, 5.74) is 3.73. The highest BCUT2D eigenvalue weighted by molar-refractivity contribution is 6.08. The van der Waals surface area contributed by atoms with E-state index in [0.29, 0.717) is 35.1 Å². The van der Waals surface area contributed by atoms with Crippen molar-refractivity contribution in [1.82, 2.24) is 0 Å². The lowest BCUT2D eigenvalue weighted by molar-refractivity contribution is -0.135. The van der Waals surface area contributed by atoms with Crippen molar-refractivity contribution in [3.8, 4) is 11.5 Å². The van der Waals surface area contributed by atoms with Gasteiger partial charge in [-0.2, -0.15) is 0 Å². The lowest BCUT2D eigenvalue weighted by Crippen LogP contribution is -2.16. The summed E-state index contributed by atoms with van der Waals surface area (Å²) in [4.78, 5) is 22.0. The van der Waals surface area contributed by atoms with Gasteiger partial charge in [-0.1, -0.05) is 59.2 Å². The van der Waals surface area contributed by atoms with Crippen LogP contribution in [-0.2, 0) is 21.1 Å². The molecular formula is C31H34N2O6. The maximum Gasteiger partial charge on any atom is 0.309 e. The third-order valence-electron chi connectivity index (χ3n) is 6.38. The summed E-state index contributed by atoms with van der Waals surface area (Å²) >= 11 is 0. The maximum absolute atomic E-state index is 11.4. The van der Waals surface area contributed by atoms with Crippen molar-refractivity contribution in [2.24, 2.45) is 10.3 Å². The molecule has 0 atom stereocenters. The first kappa shape index (κ1) is 27.7. The molecule has 0 bridgehead atoms. The third-order valence-corrected chi connectivity index (χ3v) is 6.38. The van der Waals surface area contributed by atoms with E-state index in [4.69, 9.17) is 19.1 Å². The molecule has 0 spiro atoms. The van der Waals surface area contributed by atoms with Crippen LogP contribution in [-0.4, -0.2) is 42.3 Å². The normalized spacial score (nSPS) is 14.5. The Labute approximate surface area is 228 Å². The number of hydrogen-bond donors (Lipinski definition) is 1. The molecule has 0 radical (unpaired) electrons. The number of rotatable bonds is 13. The molecule has 204 valence electrons. The molecule has 3 aromatic rings. The number of benzene rings is 3. The van der Waals surface area contributed by atoms with Crippen molar-refractivity contribution in [1.29, 1.82) is 0 Å². The lowest BCUT2D eigenvalue weighted by Gasteiger charge is -2.19. The average molecular weight is 531 g/mol. The Morgan fingerprint density at radius 1 is 0.795 bits per heavy atom. The van der Waals surface area contributed by atoms with Gasteiger partial charge in [0.15, 0.2) is 0 Å². The van der Waals surface area contributed by atoms with Crippen LogP contribution in [0.15, 0.2) is 89.2 Å². The summed E-state index contributed by atoms with van der Waals surface area (Å²) in [6.45, 7) is 0.653. The van der Waals surface area contributed by atoms with E-state index in [1.54, 1.807) is 0 Å². The molecule has 3 aromatic carbocycles. The van der Waals surface area contributed by atoms with Gasteiger partial charge in [0.25, 0.3) is 0 Å². The molecule has 8 heteroatoms. The van der Waals surface area contributed by atoms with Crippen LogP contribution in [0.2, 0.25) is 0 Å². The van der Waals surface area contributed by atoms with E-state index in [1.807, 2.05) is 78.9 Å². The lowest BCUT2D eigenvalue weighted by atomic mass is 9.98. The van der Waals surface area contributed by atoms with Gasteiger partial charge in [0.2, 0.25) is 0 Å². The van der Waals surface area contributed by atoms with Crippen LogP contribution in [0, 0.1) is 0 Å². The number of carboxylic acid groups (broad SMARTS) is 1. The van der Waals surface area contributed by atoms with E-state index in [2.05, 4.69) is 10.3 Å². The Morgan fingerprint density at radius 3 is 2.10 bits per heavy atom. The summed E-state index contributed by atoms with van der Waals surface area (Å²) < 4.78 is 11.8. The van der Waals surface area contributed by atoms with E-state index < -0.39 is 5.97 Å². The van der Waals surface area contributed by atoms with Crippen LogP contribution in [0.1, 0.15) is 55.2 Å². The summed E-state index contributed by atoms with van der Waals surface area (Å²) in [6, 6.07) is 24.6. The summed E-state index contributed by atoms with van der Waals surface area (Å²) in [5.74, 6) is 0.435. The number of oxime groups is 2. The standard InChI is InChI=1S/C31H34N2O6/c1-36-32-30(24-8-4-2-5-9-24)22-38-26-16-12-23(13-17-26)21-37-27-18-14-25(15-19-27)29(20-31(34)35)33-39-28-10-6-3-7-11-28/h2,4-5,8-9,12-19,28H,3,6-7,10-11,20-22H2,1H3,(H,34,35)/b32-30+,33-29?. The topological polar surface area (TPSA) is 98.9 Å². The fraction of sp³-hybridized carbons (Fsp3) is 0.323. The Balaban J connectivity index is 1.30. The third kappa shape index (κ3) is 8.88. The molecule has 0 aliphatic heterocycles. The molecule has 1 saturated carbocycles. The van der Waals surface area contributed by atoms with E-state index in [0.717, 1.165) is 36.8 Å². The second kappa shape index (κ2) is 14.6. The minimum atomic E-state index is -0.948. The van der Waals surface area contributed by atoms with Crippen LogP contribution in [0.25, 0.3) is 0 Å². The first-order valence-corrected chi connectivity index (χ1v) is 13.2. The quantitative estimate of drug-likeness (QED) is 0.208. The van der Waals surface area contributed by atoms with Gasteiger partial charge in [0, 0.05) is 11.1 Å². The Morgan fingerprint density at radius 2 is 1.44 bits per heavy atom. The van der Waals surface area contributed by atoms with Gasteiger partial charge in [-0.05, 0) is 67.6 Å². The monoisotopic (exact) mass is 530 g/mol. The average Bonchev–Trinajstić information content (AvgIpc) is 2.98. The van der Waals surface area contributed by atoms with Crippen LogP contribution < -0.4 is 9.47 Å². The second-order valence-corrected chi connectivity index (χ2v) is 9.31. The van der Waals surface area contributed by atoms with Gasteiger partial charge in [-0.25, -0.2) is 0 Å². The predicted molar refractivity (Wildman–Crippen MR) is 149 cm³/mol.